The van der Waals surface area contributed by atoms with E-state index in [0.717, 1.165) is 36.4 Å². The van der Waals surface area contributed by atoms with E-state index in [0.29, 0.717) is 23.3 Å². The van der Waals surface area contributed by atoms with Gasteiger partial charge in [0, 0.05) is 18.7 Å². The van der Waals surface area contributed by atoms with Crippen molar-refractivity contribution >= 4 is 11.7 Å². The average Bonchev–Trinajstić information content (AvgIpc) is 2.75. The minimum absolute atomic E-state index is 0. The van der Waals surface area contributed by atoms with E-state index in [-0.39, 0.29) is 19.5 Å². The van der Waals surface area contributed by atoms with Gasteiger partial charge < -0.3 is 10.2 Å². The highest BCUT2D eigenvalue weighted by atomic mass is 19.1. The quantitative estimate of drug-likeness (QED) is 0.670. The second-order valence-corrected chi connectivity index (χ2v) is 8.03. The molecule has 162 valence electrons. The molecule has 9 heteroatoms. The molecule has 1 fully saturated rings. The maximum atomic E-state index is 13.3. The summed E-state index contributed by atoms with van der Waals surface area (Å²) in [5.74, 6) is 0.942. The fourth-order valence-corrected chi connectivity index (χ4v) is 4.17. The van der Waals surface area contributed by atoms with Gasteiger partial charge in [0.1, 0.15) is 12.7 Å². The lowest BCUT2D eigenvalue weighted by atomic mass is 9.87. The number of hydrogen-bond donors (Lipinski definition) is 1. The van der Waals surface area contributed by atoms with Gasteiger partial charge in [0.25, 0.3) is 0 Å². The van der Waals surface area contributed by atoms with Crippen LogP contribution < -0.4 is 5.32 Å². The fourth-order valence-electron chi connectivity index (χ4n) is 4.17. The number of anilines is 1. The standard InChI is InChI=1S/C22H24FN7O.H2/c1-13-6-15(3)30(19(7-13)21-27-11-24-12-28-21)22(31)29-17-5-4-14(2)18(8-17)20-25-9-16(23)10-26-20;/h4-5,8-13,15,19H,6-7H2,1-3H3,(H,29,31);1H/t13-,15-,19?;/m1./s1. The first-order valence-corrected chi connectivity index (χ1v) is 10.2. The molecule has 3 atom stereocenters. The van der Waals surface area contributed by atoms with E-state index in [2.05, 4.69) is 37.2 Å². The molecule has 1 aromatic carbocycles. The topological polar surface area (TPSA) is 96.8 Å². The smallest absolute Gasteiger partial charge is 0.312 e. The SMILES string of the molecule is Cc1ccc(NC(=O)N2C(c3ncncn3)C[C@H](C)C[C@H]2C)cc1-c1ncc(F)cn1.[HH]. The second-order valence-electron chi connectivity index (χ2n) is 8.03. The Bertz CT molecular complexity index is 1070. The van der Waals surface area contributed by atoms with E-state index in [4.69, 9.17) is 0 Å². The number of halogens is 1. The lowest BCUT2D eigenvalue weighted by Gasteiger charge is -2.42. The second kappa shape index (κ2) is 8.71. The van der Waals surface area contributed by atoms with E-state index >= 15 is 0 Å². The Kier molecular flexibility index (Phi) is 5.83. The molecule has 2 amide bonds. The van der Waals surface area contributed by atoms with Gasteiger partial charge in [-0.1, -0.05) is 13.0 Å². The van der Waals surface area contributed by atoms with Crippen molar-refractivity contribution in [2.75, 3.05) is 5.32 Å². The first-order chi connectivity index (χ1) is 14.9. The van der Waals surface area contributed by atoms with Crippen molar-refractivity contribution < 1.29 is 10.6 Å². The first-order valence-electron chi connectivity index (χ1n) is 10.2. The molecule has 31 heavy (non-hydrogen) atoms. The Labute approximate surface area is 181 Å². The maximum absolute atomic E-state index is 13.3. The molecule has 0 bridgehead atoms. The van der Waals surface area contributed by atoms with Crippen molar-refractivity contribution in [3.05, 3.63) is 60.5 Å². The van der Waals surface area contributed by atoms with Gasteiger partial charge in [0.05, 0.1) is 18.4 Å². The molecule has 0 radical (unpaired) electrons. The molecular formula is C22H26FN7O. The van der Waals surface area contributed by atoms with Crippen LogP contribution in [-0.2, 0) is 0 Å². The predicted molar refractivity (Wildman–Crippen MR) is 116 cm³/mol. The number of carbonyl (C=O) groups is 1. The van der Waals surface area contributed by atoms with Crippen molar-refractivity contribution in [2.24, 2.45) is 5.92 Å². The first kappa shape index (κ1) is 20.8. The summed E-state index contributed by atoms with van der Waals surface area (Å²) in [5, 5.41) is 2.99. The summed E-state index contributed by atoms with van der Waals surface area (Å²) in [6.45, 7) is 6.13. The van der Waals surface area contributed by atoms with Crippen molar-refractivity contribution in [1.82, 2.24) is 29.8 Å². The third-order valence-corrected chi connectivity index (χ3v) is 5.58. The maximum Gasteiger partial charge on any atom is 0.322 e. The molecule has 8 nitrogen and oxygen atoms in total. The number of likely N-dealkylation sites (tertiary alicyclic amines) is 1. The van der Waals surface area contributed by atoms with Gasteiger partial charge in [-0.3, -0.25) is 0 Å². The number of nitrogens with one attached hydrogen (secondary N) is 1. The van der Waals surface area contributed by atoms with Crippen molar-refractivity contribution in [3.8, 4) is 11.4 Å². The zero-order valence-electron chi connectivity index (χ0n) is 17.7. The number of piperidine rings is 1. The summed E-state index contributed by atoms with van der Waals surface area (Å²) in [6, 6.07) is 5.08. The van der Waals surface area contributed by atoms with Gasteiger partial charge in [-0.2, -0.15) is 0 Å². The number of nitrogens with zero attached hydrogens (tertiary/aromatic N) is 6. The molecule has 1 N–H and O–H groups in total. The van der Waals surface area contributed by atoms with Crippen LogP contribution in [0, 0.1) is 18.7 Å². The fraction of sp³-hybridized carbons (Fsp3) is 0.364. The highest BCUT2D eigenvalue weighted by Crippen LogP contribution is 2.36. The van der Waals surface area contributed by atoms with Gasteiger partial charge in [-0.25, -0.2) is 34.1 Å². The van der Waals surface area contributed by atoms with Gasteiger partial charge in [-0.15, -0.1) is 0 Å². The Balaban J connectivity index is 0.00000289. The molecule has 0 aliphatic carbocycles. The summed E-state index contributed by atoms with van der Waals surface area (Å²) in [6.07, 6.45) is 6.85. The lowest BCUT2D eigenvalue weighted by Crippen LogP contribution is -2.48. The van der Waals surface area contributed by atoms with Crippen molar-refractivity contribution in [2.45, 2.75) is 45.7 Å². The molecule has 0 saturated carbocycles. The Hall–Kier alpha value is -3.49. The molecule has 4 rings (SSSR count). The number of carbonyl (C=O) groups excluding carboxylic acids is 1. The van der Waals surface area contributed by atoms with Gasteiger partial charge in [0.15, 0.2) is 17.5 Å². The molecule has 1 unspecified atom stereocenters. The predicted octanol–water partition coefficient (Wildman–Crippen LogP) is 4.42. The van der Waals surface area contributed by atoms with Crippen LogP contribution in [0.3, 0.4) is 0 Å². The minimum Gasteiger partial charge on any atom is -0.312 e. The van der Waals surface area contributed by atoms with E-state index < -0.39 is 5.82 Å². The third kappa shape index (κ3) is 4.50. The third-order valence-electron chi connectivity index (χ3n) is 5.58. The van der Waals surface area contributed by atoms with E-state index in [1.165, 1.54) is 12.7 Å². The molecule has 1 saturated heterocycles. The van der Waals surface area contributed by atoms with Crippen LogP contribution in [0.4, 0.5) is 14.9 Å². The molecule has 3 aromatic rings. The monoisotopic (exact) mass is 423 g/mol. The summed E-state index contributed by atoms with van der Waals surface area (Å²) in [5.41, 5.74) is 2.26. The summed E-state index contributed by atoms with van der Waals surface area (Å²) >= 11 is 0. The number of urea groups is 1. The van der Waals surface area contributed by atoms with Crippen LogP contribution >= 0.6 is 0 Å². The molecular weight excluding hydrogens is 397 g/mol. The summed E-state index contributed by atoms with van der Waals surface area (Å²) in [4.78, 5) is 35.7. The van der Waals surface area contributed by atoms with E-state index in [1.807, 2.05) is 30.9 Å². The van der Waals surface area contributed by atoms with E-state index in [1.54, 1.807) is 6.07 Å². The highest BCUT2D eigenvalue weighted by molar-refractivity contribution is 5.90. The number of aryl methyl sites for hydroxylation is 1. The van der Waals surface area contributed by atoms with Crippen molar-refractivity contribution in [1.29, 1.82) is 0 Å². The molecule has 1 aliphatic rings. The summed E-state index contributed by atoms with van der Waals surface area (Å²) in [7, 11) is 0. The van der Waals surface area contributed by atoms with E-state index in [9.17, 15) is 9.18 Å². The number of amides is 2. The van der Waals surface area contributed by atoms with Crippen LogP contribution in [0.25, 0.3) is 11.4 Å². The number of aromatic nitrogens is 5. The van der Waals surface area contributed by atoms with Gasteiger partial charge in [-0.05, 0) is 50.3 Å². The Morgan fingerprint density at radius 1 is 1.13 bits per heavy atom. The number of hydrogen-bond acceptors (Lipinski definition) is 6. The zero-order valence-corrected chi connectivity index (χ0v) is 17.7. The van der Waals surface area contributed by atoms with Crippen LogP contribution in [0.2, 0.25) is 0 Å². The number of benzene rings is 1. The van der Waals surface area contributed by atoms with Crippen molar-refractivity contribution in [3.63, 3.8) is 0 Å². The van der Waals surface area contributed by atoms with Crippen LogP contribution in [0.5, 0.6) is 0 Å². The zero-order chi connectivity index (χ0) is 22.0. The van der Waals surface area contributed by atoms with Crippen LogP contribution in [-0.4, -0.2) is 41.9 Å². The van der Waals surface area contributed by atoms with Crippen LogP contribution in [0.15, 0.2) is 43.2 Å². The Morgan fingerprint density at radius 3 is 2.55 bits per heavy atom. The molecule has 1 aliphatic heterocycles. The molecule has 0 spiro atoms. The number of rotatable bonds is 3. The summed E-state index contributed by atoms with van der Waals surface area (Å²) < 4.78 is 13.2. The minimum atomic E-state index is -0.497. The Morgan fingerprint density at radius 2 is 1.84 bits per heavy atom. The molecule has 2 aromatic heterocycles. The largest absolute Gasteiger partial charge is 0.322 e. The lowest BCUT2D eigenvalue weighted by molar-refractivity contribution is 0.0958. The molecule has 3 heterocycles. The average molecular weight is 423 g/mol. The van der Waals surface area contributed by atoms with Gasteiger partial charge in [0.2, 0.25) is 0 Å². The van der Waals surface area contributed by atoms with Crippen LogP contribution in [0.1, 0.15) is 45.5 Å². The highest BCUT2D eigenvalue weighted by Gasteiger charge is 2.37. The normalized spacial score (nSPS) is 21.0. The van der Waals surface area contributed by atoms with Gasteiger partial charge >= 0.3 is 6.03 Å².